The predicted octanol–water partition coefficient (Wildman–Crippen LogP) is 3.15. The van der Waals surface area contributed by atoms with Crippen molar-refractivity contribution >= 4 is 11.6 Å². The number of carbonyl (C=O) groups is 1. The van der Waals surface area contributed by atoms with Crippen molar-refractivity contribution in [1.82, 2.24) is 0 Å². The van der Waals surface area contributed by atoms with Crippen molar-refractivity contribution in [3.05, 3.63) is 59.7 Å². The van der Waals surface area contributed by atoms with Gasteiger partial charge in [-0.05, 0) is 41.8 Å². The second kappa shape index (κ2) is 8.20. The third-order valence-electron chi connectivity index (χ3n) is 3.13. The van der Waals surface area contributed by atoms with Gasteiger partial charge in [-0.1, -0.05) is 31.2 Å². The molecule has 0 spiro atoms. The topological polar surface area (TPSA) is 58.6 Å². The van der Waals surface area contributed by atoms with Gasteiger partial charge in [-0.2, -0.15) is 0 Å². The Morgan fingerprint density at radius 2 is 1.91 bits per heavy atom. The molecular formula is C18H21NO3. The largest absolute Gasteiger partial charge is 0.494 e. The number of benzene rings is 2. The molecule has 4 heteroatoms. The summed E-state index contributed by atoms with van der Waals surface area (Å²) in [6, 6.07) is 14.8. The van der Waals surface area contributed by atoms with E-state index in [0.717, 1.165) is 23.3 Å². The van der Waals surface area contributed by atoms with Gasteiger partial charge >= 0.3 is 0 Å². The van der Waals surface area contributed by atoms with Gasteiger partial charge in [0.2, 0.25) is 5.91 Å². The molecule has 0 heterocycles. The van der Waals surface area contributed by atoms with E-state index >= 15 is 0 Å². The van der Waals surface area contributed by atoms with Gasteiger partial charge < -0.3 is 15.2 Å². The molecule has 0 aliphatic heterocycles. The number of ether oxygens (including phenoxy) is 1. The summed E-state index contributed by atoms with van der Waals surface area (Å²) in [7, 11) is 0. The Labute approximate surface area is 130 Å². The van der Waals surface area contributed by atoms with Crippen molar-refractivity contribution in [3.63, 3.8) is 0 Å². The lowest BCUT2D eigenvalue weighted by Crippen LogP contribution is -2.14. The van der Waals surface area contributed by atoms with E-state index < -0.39 is 0 Å². The Bertz CT molecular complexity index is 625. The van der Waals surface area contributed by atoms with E-state index in [2.05, 4.69) is 12.2 Å². The first kappa shape index (κ1) is 16.0. The van der Waals surface area contributed by atoms with Crippen LogP contribution in [0, 0.1) is 0 Å². The fraction of sp³-hybridized carbons (Fsp3) is 0.278. The smallest absolute Gasteiger partial charge is 0.228 e. The number of aliphatic hydroxyl groups excluding tert-OH is 1. The lowest BCUT2D eigenvalue weighted by Gasteiger charge is -2.08. The summed E-state index contributed by atoms with van der Waals surface area (Å²) in [6.45, 7) is 2.68. The molecule has 2 rings (SSSR count). The van der Waals surface area contributed by atoms with E-state index in [-0.39, 0.29) is 18.9 Å². The first-order valence-electron chi connectivity index (χ1n) is 7.42. The summed E-state index contributed by atoms with van der Waals surface area (Å²) < 4.78 is 5.57. The van der Waals surface area contributed by atoms with Crippen LogP contribution in [0.1, 0.15) is 24.5 Å². The number of amides is 1. The normalized spacial score (nSPS) is 10.3. The van der Waals surface area contributed by atoms with Crippen molar-refractivity contribution in [2.24, 2.45) is 0 Å². The summed E-state index contributed by atoms with van der Waals surface area (Å²) in [4.78, 5) is 12.1. The number of carbonyl (C=O) groups excluding carboxylic acids is 1. The molecule has 22 heavy (non-hydrogen) atoms. The van der Waals surface area contributed by atoms with Crippen molar-refractivity contribution in [2.45, 2.75) is 26.4 Å². The van der Waals surface area contributed by atoms with E-state index in [9.17, 15) is 4.79 Å². The quantitative estimate of drug-likeness (QED) is 0.825. The second-order valence-corrected chi connectivity index (χ2v) is 5.08. The van der Waals surface area contributed by atoms with Gasteiger partial charge in [-0.25, -0.2) is 0 Å². The van der Waals surface area contributed by atoms with Crippen molar-refractivity contribution < 1.29 is 14.6 Å². The summed E-state index contributed by atoms with van der Waals surface area (Å²) >= 11 is 0. The molecule has 0 radical (unpaired) electrons. The van der Waals surface area contributed by atoms with Crippen LogP contribution in [0.3, 0.4) is 0 Å². The Morgan fingerprint density at radius 3 is 2.68 bits per heavy atom. The number of aliphatic hydroxyl groups is 1. The SMILES string of the molecule is CCCOc1cccc(CC(=O)Nc2cccc(CO)c2)c1. The van der Waals surface area contributed by atoms with E-state index in [1.807, 2.05) is 30.3 Å². The van der Waals surface area contributed by atoms with Gasteiger partial charge in [0.25, 0.3) is 0 Å². The molecule has 2 aromatic rings. The maximum absolute atomic E-state index is 12.1. The van der Waals surface area contributed by atoms with Gasteiger partial charge in [0.1, 0.15) is 5.75 Å². The fourth-order valence-electron chi connectivity index (χ4n) is 2.10. The molecule has 2 N–H and O–H groups in total. The average Bonchev–Trinajstić information content (AvgIpc) is 2.53. The highest BCUT2D eigenvalue weighted by atomic mass is 16.5. The zero-order valence-corrected chi connectivity index (χ0v) is 12.7. The molecule has 116 valence electrons. The zero-order valence-electron chi connectivity index (χ0n) is 12.7. The Hall–Kier alpha value is -2.33. The Kier molecular flexibility index (Phi) is 5.98. The lowest BCUT2D eigenvalue weighted by atomic mass is 10.1. The van der Waals surface area contributed by atoms with Crippen LogP contribution in [-0.4, -0.2) is 17.6 Å². The molecule has 0 atom stereocenters. The van der Waals surface area contributed by atoms with Crippen molar-refractivity contribution in [1.29, 1.82) is 0 Å². The number of nitrogens with one attached hydrogen (secondary N) is 1. The molecule has 4 nitrogen and oxygen atoms in total. The van der Waals surface area contributed by atoms with E-state index in [4.69, 9.17) is 9.84 Å². The zero-order chi connectivity index (χ0) is 15.8. The first-order valence-corrected chi connectivity index (χ1v) is 7.42. The van der Waals surface area contributed by atoms with Crippen molar-refractivity contribution in [3.8, 4) is 5.75 Å². The van der Waals surface area contributed by atoms with Crippen LogP contribution in [0.4, 0.5) is 5.69 Å². The number of hydrogen-bond acceptors (Lipinski definition) is 3. The van der Waals surface area contributed by atoms with Crippen LogP contribution < -0.4 is 10.1 Å². The number of rotatable bonds is 7. The van der Waals surface area contributed by atoms with E-state index in [1.54, 1.807) is 18.2 Å². The van der Waals surface area contributed by atoms with Crippen LogP contribution in [0.2, 0.25) is 0 Å². The van der Waals surface area contributed by atoms with Gasteiger partial charge in [0.15, 0.2) is 0 Å². The Morgan fingerprint density at radius 1 is 1.14 bits per heavy atom. The van der Waals surface area contributed by atoms with Crippen LogP contribution >= 0.6 is 0 Å². The minimum Gasteiger partial charge on any atom is -0.494 e. The molecule has 0 unspecified atom stereocenters. The molecule has 0 fully saturated rings. The predicted molar refractivity (Wildman–Crippen MR) is 86.9 cm³/mol. The Balaban J connectivity index is 1.96. The number of anilines is 1. The maximum atomic E-state index is 12.1. The summed E-state index contributed by atoms with van der Waals surface area (Å²) in [5.41, 5.74) is 2.37. The number of hydrogen-bond donors (Lipinski definition) is 2. The minimum absolute atomic E-state index is 0.0411. The van der Waals surface area contributed by atoms with Crippen LogP contribution in [0.15, 0.2) is 48.5 Å². The average molecular weight is 299 g/mol. The summed E-state index contributed by atoms with van der Waals surface area (Å²) in [5, 5.41) is 11.9. The van der Waals surface area contributed by atoms with E-state index in [1.165, 1.54) is 0 Å². The monoisotopic (exact) mass is 299 g/mol. The highest BCUT2D eigenvalue weighted by molar-refractivity contribution is 5.92. The van der Waals surface area contributed by atoms with Gasteiger partial charge in [0, 0.05) is 5.69 Å². The molecular weight excluding hydrogens is 278 g/mol. The molecule has 2 aromatic carbocycles. The lowest BCUT2D eigenvalue weighted by molar-refractivity contribution is -0.115. The first-order chi connectivity index (χ1) is 10.7. The minimum atomic E-state index is -0.0947. The molecule has 0 aliphatic rings. The van der Waals surface area contributed by atoms with Gasteiger partial charge in [0.05, 0.1) is 19.6 Å². The maximum Gasteiger partial charge on any atom is 0.228 e. The molecule has 1 amide bonds. The highest BCUT2D eigenvalue weighted by Gasteiger charge is 2.06. The molecule has 0 bridgehead atoms. The van der Waals surface area contributed by atoms with Gasteiger partial charge in [-0.3, -0.25) is 4.79 Å². The third-order valence-corrected chi connectivity index (χ3v) is 3.13. The fourth-order valence-corrected chi connectivity index (χ4v) is 2.10. The van der Waals surface area contributed by atoms with E-state index in [0.29, 0.717) is 12.3 Å². The van der Waals surface area contributed by atoms with Crippen LogP contribution in [0.5, 0.6) is 5.75 Å². The van der Waals surface area contributed by atoms with Crippen molar-refractivity contribution in [2.75, 3.05) is 11.9 Å². The molecule has 0 saturated heterocycles. The summed E-state index contributed by atoms with van der Waals surface area (Å²) in [6.07, 6.45) is 1.23. The molecule has 0 aromatic heterocycles. The second-order valence-electron chi connectivity index (χ2n) is 5.08. The van der Waals surface area contributed by atoms with Gasteiger partial charge in [-0.15, -0.1) is 0 Å². The third kappa shape index (κ3) is 4.90. The standard InChI is InChI=1S/C18H21NO3/c1-2-9-22-17-8-4-5-14(11-17)12-18(21)19-16-7-3-6-15(10-16)13-20/h3-8,10-11,20H,2,9,12-13H2,1H3,(H,19,21). The molecule has 0 saturated carbocycles. The highest BCUT2D eigenvalue weighted by Crippen LogP contribution is 2.15. The molecule has 0 aliphatic carbocycles. The summed E-state index contributed by atoms with van der Waals surface area (Å²) in [5.74, 6) is 0.692. The van der Waals surface area contributed by atoms with Crippen LogP contribution in [-0.2, 0) is 17.8 Å². The van der Waals surface area contributed by atoms with Crippen LogP contribution in [0.25, 0.3) is 0 Å².